The molecule has 2 amide bonds. The highest BCUT2D eigenvalue weighted by Crippen LogP contribution is 2.30. The molecule has 2 rings (SSSR count). The SMILES string of the molecule is C=CCCCCC(=O)N(CCC(C)C)[C@@H]1CC(C(=O)NCCO)=C[C@H](Oc2ccccc2I)[C@H]1O. The molecule has 3 N–H and O–H groups in total. The van der Waals surface area contributed by atoms with E-state index in [1.165, 1.54) is 0 Å². The van der Waals surface area contributed by atoms with Crippen molar-refractivity contribution < 1.29 is 24.5 Å². The quantitative estimate of drug-likeness (QED) is 0.172. The van der Waals surface area contributed by atoms with Gasteiger partial charge in [0, 0.05) is 31.5 Å². The predicted octanol–water partition coefficient (Wildman–Crippen LogP) is 3.83. The summed E-state index contributed by atoms with van der Waals surface area (Å²) in [5, 5.41) is 23.2. The number of nitrogens with zero attached hydrogens (tertiary/aromatic N) is 1. The summed E-state index contributed by atoms with van der Waals surface area (Å²) >= 11 is 2.17. The second kappa shape index (κ2) is 15.3. The summed E-state index contributed by atoms with van der Waals surface area (Å²) < 4.78 is 7.05. The number of unbranched alkanes of at least 4 members (excludes halogenated alkanes) is 2. The molecule has 0 aromatic heterocycles. The number of carbonyl (C=O) groups is 2. The first kappa shape index (κ1) is 29.3. The van der Waals surface area contributed by atoms with E-state index in [0.717, 1.165) is 29.3 Å². The van der Waals surface area contributed by atoms with Crippen LogP contribution in [0.4, 0.5) is 0 Å². The molecule has 0 saturated heterocycles. The number of carbonyl (C=O) groups excluding carboxylic acids is 2. The van der Waals surface area contributed by atoms with Crippen molar-refractivity contribution in [1.82, 2.24) is 10.2 Å². The smallest absolute Gasteiger partial charge is 0.247 e. The van der Waals surface area contributed by atoms with E-state index in [0.29, 0.717) is 30.2 Å². The van der Waals surface area contributed by atoms with Crippen LogP contribution in [0.3, 0.4) is 0 Å². The highest BCUT2D eigenvalue weighted by Gasteiger charge is 2.40. The minimum atomic E-state index is -0.996. The van der Waals surface area contributed by atoms with Crippen LogP contribution in [0.5, 0.6) is 5.75 Å². The molecule has 0 fully saturated rings. The maximum absolute atomic E-state index is 13.3. The molecule has 0 radical (unpaired) electrons. The molecular weight excluding hydrogens is 559 g/mol. The lowest BCUT2D eigenvalue weighted by Crippen LogP contribution is -2.55. The van der Waals surface area contributed by atoms with Crippen molar-refractivity contribution in [3.8, 4) is 5.75 Å². The lowest BCUT2D eigenvalue weighted by molar-refractivity contribution is -0.139. The number of aliphatic hydroxyl groups is 2. The van der Waals surface area contributed by atoms with E-state index in [1.54, 1.807) is 11.0 Å². The van der Waals surface area contributed by atoms with Crippen LogP contribution >= 0.6 is 22.6 Å². The Balaban J connectivity index is 2.34. The summed E-state index contributed by atoms with van der Waals surface area (Å²) in [5.74, 6) is 0.639. The molecule has 1 aromatic rings. The second-order valence-corrected chi connectivity index (χ2v) is 10.4. The molecule has 7 nitrogen and oxygen atoms in total. The molecule has 0 unspecified atom stereocenters. The van der Waals surface area contributed by atoms with Crippen LogP contribution in [0, 0.1) is 9.49 Å². The largest absolute Gasteiger partial charge is 0.482 e. The van der Waals surface area contributed by atoms with Gasteiger partial charge in [0.1, 0.15) is 18.0 Å². The maximum Gasteiger partial charge on any atom is 0.247 e. The summed E-state index contributed by atoms with van der Waals surface area (Å²) in [5.41, 5.74) is 0.443. The van der Waals surface area contributed by atoms with Crippen LogP contribution in [0.25, 0.3) is 0 Å². The Morgan fingerprint density at radius 3 is 2.71 bits per heavy atom. The third-order valence-corrected chi connectivity index (χ3v) is 6.92. The van der Waals surface area contributed by atoms with Gasteiger partial charge in [0.25, 0.3) is 0 Å². The molecule has 1 aromatic carbocycles. The van der Waals surface area contributed by atoms with Crippen molar-refractivity contribution in [3.63, 3.8) is 0 Å². The fourth-order valence-corrected chi connectivity index (χ4v) is 4.56. The lowest BCUT2D eigenvalue weighted by Gasteiger charge is -2.41. The van der Waals surface area contributed by atoms with E-state index >= 15 is 0 Å². The molecule has 1 aliphatic rings. The molecule has 0 bridgehead atoms. The number of hydrogen-bond acceptors (Lipinski definition) is 5. The lowest BCUT2D eigenvalue weighted by atomic mass is 9.87. The van der Waals surface area contributed by atoms with Gasteiger partial charge in [0.05, 0.1) is 16.2 Å². The number of allylic oxidation sites excluding steroid dienone is 1. The van der Waals surface area contributed by atoms with E-state index in [9.17, 15) is 14.7 Å². The fourth-order valence-electron chi connectivity index (χ4n) is 4.05. The first-order valence-corrected chi connectivity index (χ1v) is 13.5. The summed E-state index contributed by atoms with van der Waals surface area (Å²) in [6, 6.07) is 6.88. The van der Waals surface area contributed by atoms with Crippen LogP contribution < -0.4 is 10.1 Å². The first-order valence-electron chi connectivity index (χ1n) is 12.4. The standard InChI is InChI=1S/C27H39IN2O5/c1-4-5-6-7-12-25(32)30(15-13-19(2)3)22-17-20(27(34)29-14-16-31)18-24(26(22)33)35-23-11-9-8-10-21(23)28/h4,8-11,18-19,22,24,26,31,33H,1,5-7,12-17H2,2-3H3,(H,29,34)/t22-,24+,26+/m1/s1. The van der Waals surface area contributed by atoms with Crippen LogP contribution in [-0.2, 0) is 9.59 Å². The minimum Gasteiger partial charge on any atom is -0.482 e. The van der Waals surface area contributed by atoms with Gasteiger partial charge in [-0.3, -0.25) is 9.59 Å². The number of halogens is 1. The summed E-state index contributed by atoms with van der Waals surface area (Å²) in [6.45, 7) is 8.39. The predicted molar refractivity (Wildman–Crippen MR) is 146 cm³/mol. The van der Waals surface area contributed by atoms with Crippen molar-refractivity contribution in [2.45, 2.75) is 70.6 Å². The zero-order valence-corrected chi connectivity index (χ0v) is 22.9. The molecule has 0 heterocycles. The molecular formula is C27H39IN2O5. The average molecular weight is 599 g/mol. The van der Waals surface area contributed by atoms with E-state index in [4.69, 9.17) is 9.84 Å². The van der Waals surface area contributed by atoms with Gasteiger partial charge in [-0.1, -0.05) is 32.1 Å². The Morgan fingerprint density at radius 2 is 2.06 bits per heavy atom. The van der Waals surface area contributed by atoms with Gasteiger partial charge in [0.15, 0.2) is 0 Å². The van der Waals surface area contributed by atoms with Crippen molar-refractivity contribution in [2.75, 3.05) is 19.7 Å². The molecule has 1 aliphatic carbocycles. The molecule has 3 atom stereocenters. The Labute approximate surface area is 222 Å². The topological polar surface area (TPSA) is 99.1 Å². The van der Waals surface area contributed by atoms with Crippen LogP contribution in [-0.4, -0.2) is 64.9 Å². The number of aliphatic hydroxyl groups excluding tert-OH is 2. The normalized spacial score (nSPS) is 19.7. The van der Waals surface area contributed by atoms with Gasteiger partial charge in [-0.05, 0) is 72.4 Å². The first-order chi connectivity index (χ1) is 16.8. The number of amides is 2. The Morgan fingerprint density at radius 1 is 1.31 bits per heavy atom. The Kier molecular flexibility index (Phi) is 12.8. The van der Waals surface area contributed by atoms with E-state index in [2.05, 4.69) is 48.3 Å². The Bertz CT molecular complexity index is 873. The van der Waals surface area contributed by atoms with Gasteiger partial charge in [0.2, 0.25) is 11.8 Å². The average Bonchev–Trinajstić information content (AvgIpc) is 2.83. The molecule has 8 heteroatoms. The zero-order valence-electron chi connectivity index (χ0n) is 20.8. The molecule has 35 heavy (non-hydrogen) atoms. The third-order valence-electron chi connectivity index (χ3n) is 6.03. The van der Waals surface area contributed by atoms with Gasteiger partial charge in [-0.15, -0.1) is 6.58 Å². The monoisotopic (exact) mass is 598 g/mol. The minimum absolute atomic E-state index is 0.0242. The third kappa shape index (κ3) is 9.24. The maximum atomic E-state index is 13.3. The number of para-hydroxylation sites is 1. The number of benzene rings is 1. The molecule has 194 valence electrons. The molecule has 0 saturated carbocycles. The van der Waals surface area contributed by atoms with Gasteiger partial charge < -0.3 is 25.2 Å². The fraction of sp³-hybridized carbons (Fsp3) is 0.556. The van der Waals surface area contributed by atoms with Crippen molar-refractivity contribution >= 4 is 34.4 Å². The molecule has 0 aliphatic heterocycles. The van der Waals surface area contributed by atoms with Crippen molar-refractivity contribution in [1.29, 1.82) is 0 Å². The zero-order chi connectivity index (χ0) is 25.8. The highest BCUT2D eigenvalue weighted by atomic mass is 127. The Hall–Kier alpha value is -1.91. The summed E-state index contributed by atoms with van der Waals surface area (Å²) in [4.78, 5) is 27.9. The van der Waals surface area contributed by atoms with Gasteiger partial charge in [-0.2, -0.15) is 0 Å². The van der Waals surface area contributed by atoms with Crippen molar-refractivity contribution in [2.24, 2.45) is 5.92 Å². The van der Waals surface area contributed by atoms with Gasteiger partial charge >= 0.3 is 0 Å². The van der Waals surface area contributed by atoms with E-state index in [-0.39, 0.29) is 31.4 Å². The van der Waals surface area contributed by atoms with Crippen LogP contribution in [0.1, 0.15) is 52.4 Å². The molecule has 0 spiro atoms. The second-order valence-electron chi connectivity index (χ2n) is 9.25. The number of nitrogens with one attached hydrogen (secondary N) is 1. The van der Waals surface area contributed by atoms with E-state index in [1.807, 2.05) is 30.3 Å². The van der Waals surface area contributed by atoms with Crippen LogP contribution in [0.2, 0.25) is 0 Å². The van der Waals surface area contributed by atoms with Crippen LogP contribution in [0.15, 0.2) is 48.6 Å². The summed E-state index contributed by atoms with van der Waals surface area (Å²) in [7, 11) is 0. The number of ether oxygens (including phenoxy) is 1. The summed E-state index contributed by atoms with van der Waals surface area (Å²) in [6.07, 6.45) is 5.58. The van der Waals surface area contributed by atoms with Gasteiger partial charge in [-0.25, -0.2) is 0 Å². The van der Waals surface area contributed by atoms with Crippen molar-refractivity contribution in [3.05, 3.63) is 52.1 Å². The number of rotatable bonds is 14. The number of hydrogen-bond donors (Lipinski definition) is 3. The van der Waals surface area contributed by atoms with E-state index < -0.39 is 18.2 Å². The highest BCUT2D eigenvalue weighted by molar-refractivity contribution is 14.1.